The van der Waals surface area contributed by atoms with E-state index in [1.54, 1.807) is 0 Å². The van der Waals surface area contributed by atoms with E-state index in [4.69, 9.17) is 0 Å². The standard InChI is InChI=1S/C11H14N6O3/c1-7-8(2)14-15-11(7)13-10(18)3-4-16-5-9(12-6-16)17(19)20/h5-6H,3-4H2,1-2H3,(H2,13,14,15,18). The Kier molecular flexibility index (Phi) is 3.78. The second kappa shape index (κ2) is 5.51. The van der Waals surface area contributed by atoms with Crippen LogP contribution < -0.4 is 5.32 Å². The maximum absolute atomic E-state index is 11.8. The summed E-state index contributed by atoms with van der Waals surface area (Å²) in [5, 5.41) is 19.9. The van der Waals surface area contributed by atoms with Crippen molar-refractivity contribution in [3.05, 3.63) is 33.9 Å². The number of aromatic amines is 1. The van der Waals surface area contributed by atoms with Crippen LogP contribution in [0.1, 0.15) is 17.7 Å². The molecule has 9 nitrogen and oxygen atoms in total. The number of nitro groups is 1. The quantitative estimate of drug-likeness (QED) is 0.628. The zero-order valence-electron chi connectivity index (χ0n) is 11.1. The summed E-state index contributed by atoms with van der Waals surface area (Å²) in [5.74, 6) is 0.0595. The smallest absolute Gasteiger partial charge is 0.358 e. The van der Waals surface area contributed by atoms with Gasteiger partial charge < -0.3 is 20.0 Å². The highest BCUT2D eigenvalue weighted by Gasteiger charge is 2.12. The average Bonchev–Trinajstić information content (AvgIpc) is 2.99. The summed E-state index contributed by atoms with van der Waals surface area (Å²) in [6.45, 7) is 4.03. The Morgan fingerprint density at radius 3 is 2.85 bits per heavy atom. The summed E-state index contributed by atoms with van der Waals surface area (Å²) in [7, 11) is 0. The molecule has 9 heteroatoms. The molecule has 106 valence electrons. The number of nitrogens with zero attached hydrogens (tertiary/aromatic N) is 4. The lowest BCUT2D eigenvalue weighted by molar-refractivity contribution is -0.389. The minimum Gasteiger partial charge on any atom is -0.358 e. The molecule has 0 aliphatic heterocycles. The molecule has 0 spiro atoms. The van der Waals surface area contributed by atoms with Crippen molar-refractivity contribution in [2.24, 2.45) is 0 Å². The molecule has 20 heavy (non-hydrogen) atoms. The van der Waals surface area contributed by atoms with E-state index in [0.717, 1.165) is 11.3 Å². The Morgan fingerprint density at radius 1 is 1.55 bits per heavy atom. The van der Waals surface area contributed by atoms with Crippen molar-refractivity contribution in [3.63, 3.8) is 0 Å². The number of hydrogen-bond donors (Lipinski definition) is 2. The highest BCUT2D eigenvalue weighted by atomic mass is 16.6. The zero-order chi connectivity index (χ0) is 14.7. The van der Waals surface area contributed by atoms with Gasteiger partial charge in [-0.05, 0) is 23.8 Å². The molecule has 0 aliphatic carbocycles. The van der Waals surface area contributed by atoms with Crippen LogP contribution in [-0.4, -0.2) is 30.6 Å². The normalized spacial score (nSPS) is 10.5. The maximum Gasteiger partial charge on any atom is 0.381 e. The molecule has 2 rings (SSSR count). The number of carbonyl (C=O) groups excluding carboxylic acids is 1. The Hall–Kier alpha value is -2.71. The number of amides is 1. The summed E-state index contributed by atoms with van der Waals surface area (Å²) in [6, 6.07) is 0. The zero-order valence-corrected chi connectivity index (χ0v) is 11.1. The number of anilines is 1. The van der Waals surface area contributed by atoms with E-state index in [-0.39, 0.29) is 18.1 Å². The Morgan fingerprint density at radius 2 is 2.30 bits per heavy atom. The largest absolute Gasteiger partial charge is 0.381 e. The first-order valence-electron chi connectivity index (χ1n) is 5.95. The fourth-order valence-electron chi connectivity index (χ4n) is 1.60. The van der Waals surface area contributed by atoms with E-state index in [1.165, 1.54) is 17.1 Å². The van der Waals surface area contributed by atoms with Gasteiger partial charge in [-0.2, -0.15) is 5.10 Å². The molecule has 0 bridgehead atoms. The molecule has 1 amide bonds. The minimum atomic E-state index is -0.577. The van der Waals surface area contributed by atoms with Crippen LogP contribution in [-0.2, 0) is 11.3 Å². The van der Waals surface area contributed by atoms with Crippen LogP contribution in [0.3, 0.4) is 0 Å². The van der Waals surface area contributed by atoms with Crippen LogP contribution in [0.4, 0.5) is 11.6 Å². The fourth-order valence-corrected chi connectivity index (χ4v) is 1.60. The molecule has 0 saturated carbocycles. The van der Waals surface area contributed by atoms with Crippen LogP contribution >= 0.6 is 0 Å². The predicted octanol–water partition coefficient (Wildman–Crippen LogP) is 1.16. The molecule has 2 aromatic rings. The molecule has 0 aromatic carbocycles. The molecule has 0 saturated heterocycles. The van der Waals surface area contributed by atoms with Crippen molar-refractivity contribution < 1.29 is 9.72 Å². The third kappa shape index (κ3) is 2.99. The first-order chi connectivity index (χ1) is 9.47. The van der Waals surface area contributed by atoms with E-state index in [0.29, 0.717) is 12.4 Å². The van der Waals surface area contributed by atoms with Crippen molar-refractivity contribution in [1.29, 1.82) is 0 Å². The number of H-pyrrole nitrogens is 1. The predicted molar refractivity (Wildman–Crippen MR) is 70.2 cm³/mol. The van der Waals surface area contributed by atoms with Crippen LogP contribution in [0.5, 0.6) is 0 Å². The number of aryl methyl sites for hydroxylation is 2. The molecular weight excluding hydrogens is 264 g/mol. The Labute approximate surface area is 114 Å². The van der Waals surface area contributed by atoms with Gasteiger partial charge in [-0.3, -0.25) is 9.89 Å². The topological polar surface area (TPSA) is 119 Å². The van der Waals surface area contributed by atoms with Gasteiger partial charge in [-0.15, -0.1) is 0 Å². The molecule has 0 unspecified atom stereocenters. The Bertz CT molecular complexity index is 644. The first-order valence-corrected chi connectivity index (χ1v) is 5.95. The monoisotopic (exact) mass is 278 g/mol. The van der Waals surface area contributed by atoms with Gasteiger partial charge in [0.2, 0.25) is 12.2 Å². The second-order valence-electron chi connectivity index (χ2n) is 4.35. The van der Waals surface area contributed by atoms with Crippen molar-refractivity contribution in [2.45, 2.75) is 26.8 Å². The third-order valence-electron chi connectivity index (χ3n) is 2.91. The average molecular weight is 278 g/mol. The number of imidazole rings is 1. The number of aromatic nitrogens is 4. The molecule has 2 aromatic heterocycles. The minimum absolute atomic E-state index is 0.179. The van der Waals surface area contributed by atoms with E-state index >= 15 is 0 Å². The lowest BCUT2D eigenvalue weighted by Gasteiger charge is -2.03. The van der Waals surface area contributed by atoms with Crippen molar-refractivity contribution in [2.75, 3.05) is 5.32 Å². The molecule has 2 N–H and O–H groups in total. The van der Waals surface area contributed by atoms with E-state index in [2.05, 4.69) is 20.5 Å². The van der Waals surface area contributed by atoms with Gasteiger partial charge in [0.15, 0.2) is 5.82 Å². The fraction of sp³-hybridized carbons (Fsp3) is 0.364. The second-order valence-corrected chi connectivity index (χ2v) is 4.35. The molecule has 0 radical (unpaired) electrons. The summed E-state index contributed by atoms with van der Waals surface area (Å²) in [6.07, 6.45) is 2.80. The lowest BCUT2D eigenvalue weighted by atomic mass is 10.3. The summed E-state index contributed by atoms with van der Waals surface area (Å²) < 4.78 is 1.50. The van der Waals surface area contributed by atoms with Gasteiger partial charge in [0, 0.05) is 24.2 Å². The van der Waals surface area contributed by atoms with E-state index in [9.17, 15) is 14.9 Å². The number of rotatable bonds is 5. The third-order valence-corrected chi connectivity index (χ3v) is 2.91. The summed E-state index contributed by atoms with van der Waals surface area (Å²) >= 11 is 0. The van der Waals surface area contributed by atoms with Crippen LogP contribution in [0, 0.1) is 24.0 Å². The van der Waals surface area contributed by atoms with Gasteiger partial charge in [-0.25, -0.2) is 0 Å². The summed E-state index contributed by atoms with van der Waals surface area (Å²) in [5.41, 5.74) is 1.78. The molecule has 2 heterocycles. The molecule has 0 fully saturated rings. The van der Waals surface area contributed by atoms with Crippen molar-refractivity contribution >= 4 is 17.5 Å². The van der Waals surface area contributed by atoms with Crippen LogP contribution in [0.15, 0.2) is 12.5 Å². The number of hydrogen-bond acceptors (Lipinski definition) is 5. The van der Waals surface area contributed by atoms with E-state index in [1.807, 2.05) is 13.8 Å². The maximum atomic E-state index is 11.8. The van der Waals surface area contributed by atoms with Gasteiger partial charge in [0.1, 0.15) is 6.20 Å². The van der Waals surface area contributed by atoms with Gasteiger partial charge in [0.25, 0.3) is 0 Å². The SMILES string of the molecule is Cc1[nH]nc(NC(=O)CCn2cnc([N+](=O)[O-])c2)c1C. The molecular formula is C11H14N6O3. The Balaban J connectivity index is 1.88. The van der Waals surface area contributed by atoms with Crippen LogP contribution in [0.2, 0.25) is 0 Å². The first kappa shape index (κ1) is 13.7. The van der Waals surface area contributed by atoms with Gasteiger partial charge >= 0.3 is 5.82 Å². The van der Waals surface area contributed by atoms with Gasteiger partial charge in [-0.1, -0.05) is 0 Å². The number of nitrogens with one attached hydrogen (secondary N) is 2. The van der Waals surface area contributed by atoms with Crippen LogP contribution in [0.25, 0.3) is 0 Å². The van der Waals surface area contributed by atoms with E-state index < -0.39 is 4.92 Å². The van der Waals surface area contributed by atoms with Crippen molar-refractivity contribution in [3.8, 4) is 0 Å². The highest BCUT2D eigenvalue weighted by molar-refractivity contribution is 5.90. The summed E-state index contributed by atoms with van der Waals surface area (Å²) in [4.78, 5) is 25.3. The van der Waals surface area contributed by atoms with Crippen molar-refractivity contribution in [1.82, 2.24) is 19.7 Å². The molecule has 0 atom stereocenters. The molecule has 0 aliphatic rings. The highest BCUT2D eigenvalue weighted by Crippen LogP contribution is 2.14. The lowest BCUT2D eigenvalue weighted by Crippen LogP contribution is -2.15. The number of carbonyl (C=O) groups is 1. The van der Waals surface area contributed by atoms with Gasteiger partial charge in [0.05, 0.1) is 0 Å².